The Kier molecular flexibility index (Phi) is 6.25. The van der Waals surface area contributed by atoms with E-state index in [0.29, 0.717) is 0 Å². The summed E-state index contributed by atoms with van der Waals surface area (Å²) in [4.78, 5) is 6.39. The SMILES string of the molecule is CC(C)OCCN(C)C(c1cccnc1)C(C)N. The molecule has 4 nitrogen and oxygen atoms in total. The first-order valence-corrected chi connectivity index (χ1v) is 6.49. The minimum Gasteiger partial charge on any atom is -0.377 e. The van der Waals surface area contributed by atoms with Crippen LogP contribution in [0.3, 0.4) is 0 Å². The number of pyridine rings is 1. The van der Waals surface area contributed by atoms with Gasteiger partial charge in [-0.1, -0.05) is 6.07 Å². The molecule has 4 heteroatoms. The highest BCUT2D eigenvalue weighted by atomic mass is 16.5. The Labute approximate surface area is 110 Å². The van der Waals surface area contributed by atoms with Crippen molar-refractivity contribution in [1.82, 2.24) is 9.88 Å². The van der Waals surface area contributed by atoms with Crippen LogP contribution in [-0.4, -0.2) is 42.2 Å². The fourth-order valence-corrected chi connectivity index (χ4v) is 2.08. The molecule has 102 valence electrons. The molecule has 0 bridgehead atoms. The predicted octanol–water partition coefficient (Wildman–Crippen LogP) is 1.83. The molecular weight excluding hydrogens is 226 g/mol. The minimum atomic E-state index is 0.0539. The van der Waals surface area contributed by atoms with Gasteiger partial charge >= 0.3 is 0 Å². The van der Waals surface area contributed by atoms with Crippen LogP contribution in [0.2, 0.25) is 0 Å². The maximum Gasteiger partial charge on any atom is 0.0597 e. The van der Waals surface area contributed by atoms with E-state index in [9.17, 15) is 0 Å². The number of nitrogens with zero attached hydrogens (tertiary/aromatic N) is 2. The van der Waals surface area contributed by atoms with Crippen LogP contribution in [0.15, 0.2) is 24.5 Å². The van der Waals surface area contributed by atoms with E-state index in [0.717, 1.165) is 18.7 Å². The van der Waals surface area contributed by atoms with E-state index in [1.807, 2.05) is 33.0 Å². The van der Waals surface area contributed by atoms with Gasteiger partial charge in [0.1, 0.15) is 0 Å². The van der Waals surface area contributed by atoms with Gasteiger partial charge in [0.25, 0.3) is 0 Å². The van der Waals surface area contributed by atoms with Crippen LogP contribution in [0.1, 0.15) is 32.4 Å². The zero-order chi connectivity index (χ0) is 13.5. The number of nitrogens with two attached hydrogens (primary N) is 1. The highest BCUT2D eigenvalue weighted by Crippen LogP contribution is 2.20. The van der Waals surface area contributed by atoms with E-state index in [-0.39, 0.29) is 18.2 Å². The van der Waals surface area contributed by atoms with Gasteiger partial charge in [0, 0.05) is 25.0 Å². The highest BCUT2D eigenvalue weighted by molar-refractivity contribution is 5.15. The topological polar surface area (TPSA) is 51.4 Å². The summed E-state index contributed by atoms with van der Waals surface area (Å²) in [5.74, 6) is 0. The second kappa shape index (κ2) is 7.46. The third-order valence-electron chi connectivity index (χ3n) is 2.89. The van der Waals surface area contributed by atoms with Gasteiger partial charge in [-0.05, 0) is 39.4 Å². The van der Waals surface area contributed by atoms with Gasteiger partial charge in [0.15, 0.2) is 0 Å². The summed E-state index contributed by atoms with van der Waals surface area (Å²) in [6.07, 6.45) is 3.93. The predicted molar refractivity (Wildman–Crippen MR) is 74.3 cm³/mol. The van der Waals surface area contributed by atoms with Crippen LogP contribution < -0.4 is 5.73 Å². The maximum atomic E-state index is 6.09. The van der Waals surface area contributed by atoms with Crippen LogP contribution in [0.5, 0.6) is 0 Å². The monoisotopic (exact) mass is 251 g/mol. The number of hydrogen-bond acceptors (Lipinski definition) is 4. The standard InChI is InChI=1S/C14H25N3O/c1-11(2)18-9-8-17(4)14(12(3)15)13-6-5-7-16-10-13/h5-7,10-12,14H,8-9,15H2,1-4H3. The van der Waals surface area contributed by atoms with E-state index in [1.165, 1.54) is 0 Å². The average molecular weight is 251 g/mol. The van der Waals surface area contributed by atoms with Gasteiger partial charge < -0.3 is 10.5 Å². The van der Waals surface area contributed by atoms with Crippen molar-refractivity contribution in [3.05, 3.63) is 30.1 Å². The minimum absolute atomic E-state index is 0.0539. The number of ether oxygens (including phenoxy) is 1. The third-order valence-corrected chi connectivity index (χ3v) is 2.89. The highest BCUT2D eigenvalue weighted by Gasteiger charge is 2.21. The summed E-state index contributed by atoms with van der Waals surface area (Å²) in [5, 5.41) is 0. The van der Waals surface area contributed by atoms with Gasteiger partial charge in [0.2, 0.25) is 0 Å². The Balaban J connectivity index is 2.62. The summed E-state index contributed by atoms with van der Waals surface area (Å²) in [6, 6.07) is 4.25. The van der Waals surface area contributed by atoms with Crippen LogP contribution in [0.4, 0.5) is 0 Å². The van der Waals surface area contributed by atoms with Gasteiger partial charge in [-0.2, -0.15) is 0 Å². The van der Waals surface area contributed by atoms with Crippen molar-refractivity contribution in [1.29, 1.82) is 0 Å². The normalized spacial score (nSPS) is 15.1. The molecule has 2 N–H and O–H groups in total. The second-order valence-corrected chi connectivity index (χ2v) is 4.99. The van der Waals surface area contributed by atoms with Crippen molar-refractivity contribution >= 4 is 0 Å². The molecular formula is C14H25N3O. The Morgan fingerprint density at radius 2 is 2.11 bits per heavy atom. The first-order valence-electron chi connectivity index (χ1n) is 6.49. The zero-order valence-electron chi connectivity index (χ0n) is 11.8. The molecule has 1 rings (SSSR count). The molecule has 2 atom stereocenters. The molecule has 0 aliphatic heterocycles. The second-order valence-electron chi connectivity index (χ2n) is 4.99. The molecule has 1 aromatic heterocycles. The van der Waals surface area contributed by atoms with E-state index in [4.69, 9.17) is 10.5 Å². The quantitative estimate of drug-likeness (QED) is 0.803. The first-order chi connectivity index (χ1) is 8.52. The maximum absolute atomic E-state index is 6.09. The average Bonchev–Trinajstić information content (AvgIpc) is 2.29. The smallest absolute Gasteiger partial charge is 0.0597 e. The molecule has 0 fully saturated rings. The van der Waals surface area contributed by atoms with E-state index in [1.54, 1.807) is 6.20 Å². The van der Waals surface area contributed by atoms with Gasteiger partial charge in [-0.15, -0.1) is 0 Å². The lowest BCUT2D eigenvalue weighted by Gasteiger charge is -2.31. The molecule has 0 saturated heterocycles. The Bertz CT molecular complexity index is 327. The molecule has 18 heavy (non-hydrogen) atoms. The molecule has 0 spiro atoms. The Hall–Kier alpha value is -0.970. The van der Waals surface area contributed by atoms with Crippen LogP contribution in [0.25, 0.3) is 0 Å². The van der Waals surface area contributed by atoms with Gasteiger partial charge in [-0.25, -0.2) is 0 Å². The van der Waals surface area contributed by atoms with Crippen molar-refractivity contribution < 1.29 is 4.74 Å². The number of hydrogen-bond donors (Lipinski definition) is 1. The molecule has 2 unspecified atom stereocenters. The summed E-state index contributed by atoms with van der Waals surface area (Å²) in [6.45, 7) is 7.70. The Morgan fingerprint density at radius 1 is 1.39 bits per heavy atom. The molecule has 0 radical (unpaired) electrons. The van der Waals surface area contributed by atoms with Crippen molar-refractivity contribution in [2.75, 3.05) is 20.2 Å². The van der Waals surface area contributed by atoms with E-state index < -0.39 is 0 Å². The van der Waals surface area contributed by atoms with E-state index >= 15 is 0 Å². The van der Waals surface area contributed by atoms with Crippen molar-refractivity contribution in [2.45, 2.75) is 39.0 Å². The summed E-state index contributed by atoms with van der Waals surface area (Å²) < 4.78 is 5.58. The first kappa shape index (κ1) is 15.1. The number of aromatic nitrogens is 1. The summed E-state index contributed by atoms with van der Waals surface area (Å²) >= 11 is 0. The fourth-order valence-electron chi connectivity index (χ4n) is 2.08. The molecule has 0 saturated carbocycles. The molecule has 0 amide bonds. The molecule has 1 aromatic rings. The largest absolute Gasteiger partial charge is 0.377 e. The van der Waals surface area contributed by atoms with Gasteiger partial charge in [-0.3, -0.25) is 9.88 Å². The molecule has 0 aromatic carbocycles. The number of rotatable bonds is 7. The van der Waals surface area contributed by atoms with Gasteiger partial charge in [0.05, 0.1) is 18.8 Å². The van der Waals surface area contributed by atoms with Crippen LogP contribution in [0, 0.1) is 0 Å². The lowest BCUT2D eigenvalue weighted by Crippen LogP contribution is -2.39. The third kappa shape index (κ3) is 4.72. The molecule has 0 aliphatic rings. The van der Waals surface area contributed by atoms with Crippen molar-refractivity contribution in [3.63, 3.8) is 0 Å². The lowest BCUT2D eigenvalue weighted by atomic mass is 10.0. The van der Waals surface area contributed by atoms with Crippen LogP contribution in [-0.2, 0) is 4.74 Å². The van der Waals surface area contributed by atoms with E-state index in [2.05, 4.69) is 23.0 Å². The fraction of sp³-hybridized carbons (Fsp3) is 0.643. The summed E-state index contributed by atoms with van der Waals surface area (Å²) in [5.41, 5.74) is 7.24. The number of likely N-dealkylation sites (N-methyl/N-ethyl adjacent to an activating group) is 1. The molecule has 1 heterocycles. The lowest BCUT2D eigenvalue weighted by molar-refractivity contribution is 0.0535. The Morgan fingerprint density at radius 3 is 2.61 bits per heavy atom. The van der Waals surface area contributed by atoms with Crippen molar-refractivity contribution in [3.8, 4) is 0 Å². The van der Waals surface area contributed by atoms with Crippen molar-refractivity contribution in [2.24, 2.45) is 5.73 Å². The van der Waals surface area contributed by atoms with Crippen LogP contribution >= 0.6 is 0 Å². The molecule has 0 aliphatic carbocycles. The zero-order valence-corrected chi connectivity index (χ0v) is 11.8. The summed E-state index contributed by atoms with van der Waals surface area (Å²) in [7, 11) is 2.07.